The summed E-state index contributed by atoms with van der Waals surface area (Å²) in [5.41, 5.74) is 13.1. The van der Waals surface area contributed by atoms with Crippen LogP contribution in [0.25, 0.3) is 50.8 Å². The van der Waals surface area contributed by atoms with Crippen LogP contribution in [-0.4, -0.2) is 86.2 Å². The van der Waals surface area contributed by atoms with Crippen molar-refractivity contribution in [2.75, 3.05) is 31.9 Å². The van der Waals surface area contributed by atoms with E-state index in [1.165, 1.54) is 65.5 Å². The molecule has 0 aliphatic heterocycles. The maximum absolute atomic E-state index is 13.3. The van der Waals surface area contributed by atoms with Gasteiger partial charge in [0.1, 0.15) is 1.37 Å². The van der Waals surface area contributed by atoms with Gasteiger partial charge in [-0.2, -0.15) is 0 Å². The van der Waals surface area contributed by atoms with Gasteiger partial charge in [-0.05, 0) is 253 Å². The van der Waals surface area contributed by atoms with Crippen LogP contribution in [0.15, 0.2) is 263 Å². The van der Waals surface area contributed by atoms with Crippen LogP contribution in [-0.2, 0) is 0 Å². The Morgan fingerprint density at radius 1 is 0.417 bits per heavy atom. The van der Waals surface area contributed by atoms with Crippen LogP contribution in [0, 0.1) is 62.2 Å². The van der Waals surface area contributed by atoms with E-state index in [1.54, 1.807) is 80.4 Å². The lowest BCUT2D eigenvalue weighted by atomic mass is 10.1. The predicted octanol–water partition coefficient (Wildman–Crippen LogP) is 17.5. The molecule has 0 spiro atoms. The number of carbonyl (C=O) groups excluding carboxylic acids is 3. The van der Waals surface area contributed by atoms with Crippen LogP contribution < -0.4 is 31.9 Å². The second-order valence-corrected chi connectivity index (χ2v) is 24.7. The summed E-state index contributed by atoms with van der Waals surface area (Å²) >= 11 is 0. The van der Waals surface area contributed by atoms with E-state index < -0.39 is 50.1 Å². The molecule has 0 atom stereocenters. The SMILES string of the molecule is [2H]c1nc(C)c([2H])n1-c1cc(C)cc(NC(=O)c2ccc(C([2H])([2H])[2H])c(Nc3nccc(-c4cccnc4)n3)c2)c1.[2H]c1nc([2H])c(-c2ccnc(Nc3cc(C(=O)Nc4cc(C)cc(-n5ccc(C)c5)c4)ccc3C)n2)c([2H])c1[2H].[2H]c1nc([2H])c(-c2ccnc(Nc3cc(C(=O)Nc4cc(C)cc(-n5cnc(C)c5)c4)ccc3C([2H])([2H])[2H])n2)c([2H])c1[2H]. The molecule has 6 aromatic carbocycles. The smallest absolute Gasteiger partial charge is 0.255 e. The minimum Gasteiger partial charge on any atom is -0.324 e. The highest BCUT2D eigenvalue weighted by molar-refractivity contribution is 6.07. The van der Waals surface area contributed by atoms with Crippen molar-refractivity contribution in [3.8, 4) is 50.8 Å². The fraction of sp³-hybridized carbons (Fsp3) is 0.106. The van der Waals surface area contributed by atoms with Crippen LogP contribution in [0.2, 0.25) is 0 Å². The number of anilines is 9. The molecule has 23 heteroatoms. The molecule has 15 rings (SSSR count). The lowest BCUT2D eigenvalue weighted by molar-refractivity contribution is 0.101. The Bertz CT molecular complexity index is 6640. The van der Waals surface area contributed by atoms with Gasteiger partial charge in [-0.15, -0.1) is 0 Å². The second kappa shape index (κ2) is 32.9. The van der Waals surface area contributed by atoms with Crippen LogP contribution in [0.3, 0.4) is 0 Å². The molecular weight excluding hydrogens is 1350 g/mol. The number of pyridine rings is 3. The Hall–Kier alpha value is -14.5. The summed E-state index contributed by atoms with van der Waals surface area (Å²) in [7, 11) is 0. The summed E-state index contributed by atoms with van der Waals surface area (Å²) in [6.07, 6.45) is 13.6. The van der Waals surface area contributed by atoms with Crippen molar-refractivity contribution in [2.24, 2.45) is 0 Å². The number of rotatable bonds is 18. The van der Waals surface area contributed by atoms with Gasteiger partial charge in [-0.25, -0.2) is 39.9 Å². The first-order valence-electron chi connectivity index (χ1n) is 41.4. The molecule has 0 unspecified atom stereocenters. The van der Waals surface area contributed by atoms with E-state index in [4.69, 9.17) is 21.9 Å². The molecule has 9 aromatic heterocycles. The quantitative estimate of drug-likeness (QED) is 0.0466. The Balaban J connectivity index is 0.000000160. The van der Waals surface area contributed by atoms with E-state index in [1.807, 2.05) is 118 Å². The molecule has 0 fully saturated rings. The highest BCUT2D eigenvalue weighted by Crippen LogP contribution is 2.30. The van der Waals surface area contributed by atoms with E-state index in [0.717, 1.165) is 50.4 Å². The molecule has 6 N–H and O–H groups in total. The maximum Gasteiger partial charge on any atom is 0.255 e. The fourth-order valence-corrected chi connectivity index (χ4v) is 11.0. The van der Waals surface area contributed by atoms with Crippen molar-refractivity contribution in [1.82, 2.24) is 68.5 Å². The van der Waals surface area contributed by atoms with Crippen molar-refractivity contribution >= 4 is 69.7 Å². The Morgan fingerprint density at radius 3 is 1.31 bits per heavy atom. The topological polar surface area (TPSA) is 280 Å². The van der Waals surface area contributed by atoms with Crippen LogP contribution in [0.1, 0.15) is 103 Å². The zero-order valence-corrected chi connectivity index (χ0v) is 59.0. The molecule has 3 amide bonds. The molecule has 0 aliphatic carbocycles. The predicted molar refractivity (Wildman–Crippen MR) is 424 cm³/mol. The minimum absolute atomic E-state index is 0.00343. The monoisotopic (exact) mass is 1440 g/mol. The molecule has 0 saturated carbocycles. The normalized spacial score (nSPS) is 13.1. The number of benzene rings is 6. The summed E-state index contributed by atoms with van der Waals surface area (Å²) in [4.78, 5) is 85.4. The van der Waals surface area contributed by atoms with E-state index >= 15 is 0 Å². The zero-order chi connectivity index (χ0) is 88.9. The number of aryl methyl sites for hydroxylation is 9. The fourth-order valence-electron chi connectivity index (χ4n) is 11.0. The third-order valence-corrected chi connectivity index (χ3v) is 16.1. The average molecular weight is 1440 g/mol. The van der Waals surface area contributed by atoms with E-state index in [0.29, 0.717) is 45.4 Å². The van der Waals surface area contributed by atoms with Crippen molar-refractivity contribution in [3.63, 3.8) is 0 Å². The lowest BCUT2D eigenvalue weighted by Crippen LogP contribution is -2.13. The summed E-state index contributed by atoms with van der Waals surface area (Å²) in [6.45, 7) is 8.16. The Labute approximate surface area is 647 Å². The summed E-state index contributed by atoms with van der Waals surface area (Å²) in [5, 5.41) is 17.6. The molecule has 23 nitrogen and oxygen atoms in total. The lowest BCUT2D eigenvalue weighted by Gasteiger charge is -2.13. The van der Waals surface area contributed by atoms with Gasteiger partial charge in [-0.1, -0.05) is 18.2 Å². The molecular formula is C85H76N20O3. The van der Waals surface area contributed by atoms with Crippen molar-refractivity contribution in [1.29, 1.82) is 0 Å². The Kier molecular flexibility index (Phi) is 16.5. The maximum atomic E-state index is 13.3. The van der Waals surface area contributed by atoms with Gasteiger partial charge in [0.15, 0.2) is 0 Å². The van der Waals surface area contributed by atoms with Crippen LogP contribution in [0.4, 0.5) is 52.0 Å². The number of nitrogens with zero attached hydrogens (tertiary/aromatic N) is 14. The zero-order valence-electron chi connectivity index (χ0n) is 75.0. The molecule has 0 bridgehead atoms. The highest BCUT2D eigenvalue weighted by Gasteiger charge is 2.17. The largest absolute Gasteiger partial charge is 0.324 e. The number of carbonyl (C=O) groups is 3. The number of amides is 3. The summed E-state index contributed by atoms with van der Waals surface area (Å²) in [6, 6.07) is 39.1. The van der Waals surface area contributed by atoms with Gasteiger partial charge in [0.05, 0.1) is 53.4 Å². The average Bonchev–Trinajstić information content (AvgIpc) is 1.78. The molecule has 15 aromatic rings. The molecule has 0 radical (unpaired) electrons. The van der Waals surface area contributed by atoms with Crippen molar-refractivity contribution < 1.29 is 36.3 Å². The summed E-state index contributed by atoms with van der Waals surface area (Å²) < 4.78 is 133. The van der Waals surface area contributed by atoms with Gasteiger partial charge in [0.25, 0.3) is 17.7 Å². The highest BCUT2D eigenvalue weighted by atomic mass is 16.2. The molecule has 0 aliphatic rings. The van der Waals surface area contributed by atoms with Gasteiger partial charge >= 0.3 is 0 Å². The molecule has 534 valence electrons. The van der Waals surface area contributed by atoms with E-state index in [-0.39, 0.29) is 117 Å². The van der Waals surface area contributed by atoms with Crippen molar-refractivity contribution in [3.05, 3.63) is 330 Å². The number of hydrogen-bond donors (Lipinski definition) is 6. The first-order chi connectivity index (χ1) is 58.9. The van der Waals surface area contributed by atoms with Crippen molar-refractivity contribution in [2.45, 2.75) is 62.2 Å². The van der Waals surface area contributed by atoms with E-state index in [9.17, 15) is 14.4 Å². The third kappa shape index (κ3) is 18.5. The Morgan fingerprint density at radius 2 is 0.880 bits per heavy atom. The number of aromatic nitrogens is 14. The van der Waals surface area contributed by atoms with Gasteiger partial charge < -0.3 is 45.6 Å². The van der Waals surface area contributed by atoms with Gasteiger partial charge in [0.2, 0.25) is 17.8 Å². The van der Waals surface area contributed by atoms with E-state index in [2.05, 4.69) is 86.7 Å². The molecule has 108 heavy (non-hydrogen) atoms. The number of nitrogens with one attached hydrogen (secondary N) is 6. The summed E-state index contributed by atoms with van der Waals surface area (Å²) in [5.74, 6) is -0.962. The number of hydrogen-bond acceptors (Lipinski definition) is 17. The first kappa shape index (κ1) is 54.2. The first-order valence-corrected chi connectivity index (χ1v) is 33.4. The second-order valence-electron chi connectivity index (χ2n) is 24.7. The van der Waals surface area contributed by atoms with Gasteiger partial charge in [-0.3, -0.25) is 29.3 Å². The number of imidazole rings is 2. The third-order valence-electron chi connectivity index (χ3n) is 16.1. The minimum atomic E-state index is -2.54. The molecule has 9 heterocycles. The van der Waals surface area contributed by atoms with Gasteiger partial charge in [0, 0.05) is 173 Å². The van der Waals surface area contributed by atoms with Crippen LogP contribution >= 0.6 is 0 Å². The molecule has 0 saturated heterocycles. The van der Waals surface area contributed by atoms with Crippen LogP contribution in [0.5, 0.6) is 0 Å². The standard InChI is InChI=1S/C29H26N6O.2C28H25N7O/c1-19-9-12-35(18-19)25-14-20(2)13-24(16-25)32-28(36)22-7-6-21(3)27(15-22)34-29-31-11-8-26(33-29)23-5-4-10-30-17-23;2*1-18-11-23(14-24(12-18)35-16-20(3)31-17-35)32-27(36)21-7-6-19(2)26(13-21)34-28-30-10-8-25(33-28)22-5-4-9-29-15-22/h4-18H,1-3H3,(H,32,36)(H,31,33,34);2*4-17H,1-3H3,(H,32,36)(H,30,33,34)/i4D,5D,10D,17D;2D3,4D,5D,9D,15D;2D3,16D,17D.